The molecule has 4 saturated carbocycles. The number of aromatic amines is 1. The van der Waals surface area contributed by atoms with E-state index in [4.69, 9.17) is 10.5 Å². The van der Waals surface area contributed by atoms with Gasteiger partial charge in [0.25, 0.3) is 0 Å². The van der Waals surface area contributed by atoms with Crippen molar-refractivity contribution in [1.82, 2.24) is 15.3 Å². The second-order valence-corrected chi connectivity index (χ2v) is 17.6. The summed E-state index contributed by atoms with van der Waals surface area (Å²) >= 11 is 0. The summed E-state index contributed by atoms with van der Waals surface area (Å²) in [5.41, 5.74) is 7.33. The molecule has 272 valence electrons. The molecule has 1 aromatic heterocycles. The lowest BCUT2D eigenvalue weighted by Gasteiger charge is -2.66. The van der Waals surface area contributed by atoms with Crippen LogP contribution in [0.25, 0.3) is 0 Å². The molecule has 4 aliphatic carbocycles. The zero-order valence-electron chi connectivity index (χ0n) is 30.8. The molecule has 0 saturated heterocycles. The molecule has 2 aromatic rings. The number of nitrogens with zero attached hydrogens (tertiary/aromatic N) is 1. The number of fused-ring (bicyclic) bond motifs is 5. The highest BCUT2D eigenvalue weighted by atomic mass is 16.5. The van der Waals surface area contributed by atoms with E-state index in [2.05, 4.69) is 49.9 Å². The lowest BCUT2D eigenvalue weighted by atomic mass is 9.42. The standard InChI is InChI=1S/C41H64N4O4/c1-26(2)7-6-8-27(3)33-13-14-34-32-22-37(44-20-17-29-24-43-25-45-29)41(48)23-31(15-19-40(41,5)35(32)16-18-39(33,34)4)49-38(47)36(42)21-28-9-11-30(46)12-10-28/h9-12,24-27,31-37,44,46,48H,6-8,13-23,42H2,1-5H3,(H,43,45)/t27-,31+,32+,33-,34+,35+,36+,37-,39-,40-,41+/m1/s1. The number of carbonyl (C=O) groups excluding carboxylic acids is 1. The Kier molecular flexibility index (Phi) is 10.9. The van der Waals surface area contributed by atoms with Crippen LogP contribution < -0.4 is 11.1 Å². The van der Waals surface area contributed by atoms with E-state index in [0.717, 1.165) is 61.2 Å². The van der Waals surface area contributed by atoms with Crippen molar-refractivity contribution in [3.8, 4) is 5.75 Å². The van der Waals surface area contributed by atoms with Crippen molar-refractivity contribution in [2.24, 2.45) is 52.1 Å². The Morgan fingerprint density at radius 1 is 1.08 bits per heavy atom. The van der Waals surface area contributed by atoms with Gasteiger partial charge >= 0.3 is 5.97 Å². The van der Waals surface area contributed by atoms with Crippen molar-refractivity contribution in [3.05, 3.63) is 48.0 Å². The number of ether oxygens (including phenoxy) is 1. The molecule has 4 fully saturated rings. The van der Waals surface area contributed by atoms with Gasteiger partial charge in [0.15, 0.2) is 0 Å². The van der Waals surface area contributed by atoms with E-state index in [0.29, 0.717) is 36.0 Å². The van der Waals surface area contributed by atoms with E-state index >= 15 is 0 Å². The number of H-pyrrole nitrogens is 1. The molecular weight excluding hydrogens is 612 g/mol. The molecule has 0 spiro atoms. The SMILES string of the molecule is CC(C)CCC[C@@H](C)[C@H]1CC[C@H]2[C@@H]3C[C@@H](NCCc4c[nH]cn4)[C@@]4(O)C[C@@H](OC(=O)[C@@H](N)Cc5ccc(O)cc5)CC[C@]4(C)[C@H]3CC[C@]12C. The van der Waals surface area contributed by atoms with Crippen LogP contribution in [0.4, 0.5) is 0 Å². The number of aliphatic hydroxyl groups is 1. The van der Waals surface area contributed by atoms with Gasteiger partial charge in [0.1, 0.15) is 17.9 Å². The number of hydrogen-bond donors (Lipinski definition) is 5. The highest BCUT2D eigenvalue weighted by Crippen LogP contribution is 2.69. The van der Waals surface area contributed by atoms with E-state index < -0.39 is 17.6 Å². The van der Waals surface area contributed by atoms with Crippen molar-refractivity contribution < 1.29 is 19.7 Å². The molecular formula is C41H64N4O4. The first-order chi connectivity index (χ1) is 23.3. The molecule has 0 aliphatic heterocycles. The predicted octanol–water partition coefficient (Wildman–Crippen LogP) is 6.94. The Hall–Kier alpha value is -2.42. The minimum absolute atomic E-state index is 0.0882. The van der Waals surface area contributed by atoms with E-state index in [1.165, 1.54) is 44.9 Å². The number of aromatic nitrogens is 2. The maximum atomic E-state index is 13.3. The molecule has 1 heterocycles. The maximum absolute atomic E-state index is 13.3. The lowest BCUT2D eigenvalue weighted by molar-refractivity contribution is -0.237. The first-order valence-electron chi connectivity index (χ1n) is 19.5. The number of hydrogen-bond acceptors (Lipinski definition) is 7. The third-order valence-corrected chi connectivity index (χ3v) is 14.4. The van der Waals surface area contributed by atoms with E-state index in [-0.39, 0.29) is 23.3 Å². The van der Waals surface area contributed by atoms with Crippen LogP contribution in [0.15, 0.2) is 36.8 Å². The number of nitrogens with two attached hydrogens (primary N) is 1. The zero-order chi connectivity index (χ0) is 35.0. The highest BCUT2D eigenvalue weighted by Gasteiger charge is 2.67. The predicted molar refractivity (Wildman–Crippen MR) is 194 cm³/mol. The number of imidazole rings is 1. The molecule has 6 N–H and O–H groups in total. The summed E-state index contributed by atoms with van der Waals surface area (Å²) < 4.78 is 6.11. The Morgan fingerprint density at radius 3 is 2.57 bits per heavy atom. The van der Waals surface area contributed by atoms with Gasteiger partial charge < -0.3 is 31.0 Å². The monoisotopic (exact) mass is 676 g/mol. The summed E-state index contributed by atoms with van der Waals surface area (Å²) in [6, 6.07) is 5.89. The molecule has 11 atom stereocenters. The number of carbonyl (C=O) groups is 1. The average molecular weight is 677 g/mol. The van der Waals surface area contributed by atoms with E-state index in [1.54, 1.807) is 30.6 Å². The topological polar surface area (TPSA) is 133 Å². The van der Waals surface area contributed by atoms with Crippen LogP contribution >= 0.6 is 0 Å². The van der Waals surface area contributed by atoms with Gasteiger partial charge in [-0.25, -0.2) is 4.98 Å². The van der Waals surface area contributed by atoms with Gasteiger partial charge in [-0.3, -0.25) is 4.79 Å². The molecule has 8 heteroatoms. The Morgan fingerprint density at radius 2 is 1.86 bits per heavy atom. The van der Waals surface area contributed by atoms with Crippen LogP contribution in [0.5, 0.6) is 5.75 Å². The summed E-state index contributed by atoms with van der Waals surface area (Å²) in [5, 5.41) is 26.5. The second kappa shape index (κ2) is 14.7. The smallest absolute Gasteiger partial charge is 0.323 e. The molecule has 8 nitrogen and oxygen atoms in total. The van der Waals surface area contributed by atoms with Crippen molar-refractivity contribution in [2.45, 2.75) is 142 Å². The molecule has 6 rings (SSSR count). The van der Waals surface area contributed by atoms with Crippen molar-refractivity contribution in [3.63, 3.8) is 0 Å². The van der Waals surface area contributed by atoms with E-state index in [1.807, 2.05) is 6.20 Å². The number of rotatable bonds is 13. The fraction of sp³-hybridized carbons (Fsp3) is 0.756. The van der Waals surface area contributed by atoms with Crippen LogP contribution in [0.3, 0.4) is 0 Å². The summed E-state index contributed by atoms with van der Waals surface area (Å²) in [4.78, 5) is 20.8. The van der Waals surface area contributed by atoms with Gasteiger partial charge in [-0.2, -0.15) is 0 Å². The summed E-state index contributed by atoms with van der Waals surface area (Å²) in [7, 11) is 0. The highest BCUT2D eigenvalue weighted by molar-refractivity contribution is 5.76. The molecule has 1 aromatic carbocycles. The summed E-state index contributed by atoms with van der Waals surface area (Å²) in [5.74, 6) is 3.81. The van der Waals surface area contributed by atoms with Crippen molar-refractivity contribution in [1.29, 1.82) is 0 Å². The quantitative estimate of drug-likeness (QED) is 0.145. The third-order valence-electron chi connectivity index (χ3n) is 14.4. The number of phenols is 1. The Balaban J connectivity index is 1.19. The minimum atomic E-state index is -1.00. The maximum Gasteiger partial charge on any atom is 0.323 e. The van der Waals surface area contributed by atoms with Crippen LogP contribution in [-0.2, 0) is 22.4 Å². The first kappa shape index (κ1) is 36.4. The molecule has 0 amide bonds. The largest absolute Gasteiger partial charge is 0.508 e. The fourth-order valence-electron chi connectivity index (χ4n) is 11.7. The normalized spacial score (nSPS) is 36.8. The Labute approximate surface area is 294 Å². The molecule has 0 radical (unpaired) electrons. The van der Waals surface area contributed by atoms with Gasteiger partial charge in [0, 0.05) is 37.0 Å². The van der Waals surface area contributed by atoms with E-state index in [9.17, 15) is 15.0 Å². The molecule has 0 bridgehead atoms. The molecule has 0 unspecified atom stereocenters. The van der Waals surface area contributed by atoms with Crippen LogP contribution in [0, 0.1) is 46.3 Å². The van der Waals surface area contributed by atoms with Crippen LogP contribution in [0.1, 0.15) is 117 Å². The number of benzene rings is 1. The molecule has 4 aliphatic rings. The van der Waals surface area contributed by atoms with Gasteiger partial charge in [0.05, 0.1) is 17.6 Å². The van der Waals surface area contributed by atoms with Crippen molar-refractivity contribution >= 4 is 5.97 Å². The average Bonchev–Trinajstić information content (AvgIpc) is 3.70. The summed E-state index contributed by atoms with van der Waals surface area (Å²) in [6.45, 7) is 13.0. The van der Waals surface area contributed by atoms with Gasteiger partial charge in [-0.1, -0.05) is 66.0 Å². The van der Waals surface area contributed by atoms with Crippen molar-refractivity contribution in [2.75, 3.05) is 6.54 Å². The van der Waals surface area contributed by atoms with Gasteiger partial charge in [-0.15, -0.1) is 0 Å². The van der Waals surface area contributed by atoms with Gasteiger partial charge in [0.2, 0.25) is 0 Å². The summed E-state index contributed by atoms with van der Waals surface area (Å²) in [6.07, 6.45) is 16.5. The van der Waals surface area contributed by atoms with Crippen LogP contribution in [-0.4, -0.2) is 56.5 Å². The minimum Gasteiger partial charge on any atom is -0.508 e. The van der Waals surface area contributed by atoms with Crippen LogP contribution in [0.2, 0.25) is 0 Å². The zero-order valence-corrected chi connectivity index (χ0v) is 30.8. The Bertz CT molecular complexity index is 1380. The lowest BCUT2D eigenvalue weighted by Crippen LogP contribution is -2.71. The van der Waals surface area contributed by atoms with Gasteiger partial charge in [-0.05, 0) is 110 Å². The first-order valence-corrected chi connectivity index (χ1v) is 19.5. The number of phenolic OH excluding ortho intramolecular Hbond substituents is 1. The number of esters is 1. The number of nitrogens with one attached hydrogen (secondary N) is 2. The fourth-order valence-corrected chi connectivity index (χ4v) is 11.7. The third kappa shape index (κ3) is 7.21. The second-order valence-electron chi connectivity index (χ2n) is 17.6. The number of aromatic hydroxyl groups is 1. The molecule has 49 heavy (non-hydrogen) atoms.